The molecule has 0 saturated heterocycles. The maximum Gasteiger partial charge on any atom is 0.0637 e. The molecule has 0 unspecified atom stereocenters. The zero-order chi connectivity index (χ0) is 10.4. The van der Waals surface area contributed by atoms with Crippen molar-refractivity contribution in [3.8, 4) is 0 Å². The van der Waals surface area contributed by atoms with E-state index in [9.17, 15) is 0 Å². The van der Waals surface area contributed by atoms with Crippen molar-refractivity contribution in [2.45, 2.75) is 26.2 Å². The highest BCUT2D eigenvalue weighted by atomic mass is 16.5. The third kappa shape index (κ3) is 3.18. The van der Waals surface area contributed by atoms with Gasteiger partial charge in [0.25, 0.3) is 0 Å². The summed E-state index contributed by atoms with van der Waals surface area (Å²) in [6, 6.07) is 0. The smallest absolute Gasteiger partial charge is 0.0637 e. The molecular formula is C12H21NO. The fourth-order valence-electron chi connectivity index (χ4n) is 1.65. The number of ether oxygens (including phenoxy) is 1. The zero-order valence-electron chi connectivity index (χ0n) is 9.55. The summed E-state index contributed by atoms with van der Waals surface area (Å²) in [5, 5.41) is 0. The molecule has 0 bridgehead atoms. The van der Waals surface area contributed by atoms with Gasteiger partial charge in [0.2, 0.25) is 0 Å². The summed E-state index contributed by atoms with van der Waals surface area (Å²) >= 11 is 0. The molecule has 0 spiro atoms. The van der Waals surface area contributed by atoms with E-state index in [0.717, 1.165) is 13.2 Å². The first-order valence-electron chi connectivity index (χ1n) is 5.36. The van der Waals surface area contributed by atoms with E-state index in [2.05, 4.69) is 31.0 Å². The largest absolute Gasteiger partial charge is 0.383 e. The first kappa shape index (κ1) is 11.3. The standard InChI is InChI=1S/C12H21NO/c1-4-11-5-7-12(8-6-11)13(2)9-10-14-3/h5,7H,4,6,8-10H2,1-3H3. The molecule has 80 valence electrons. The third-order valence-corrected chi connectivity index (χ3v) is 2.79. The van der Waals surface area contributed by atoms with Gasteiger partial charge in [-0.1, -0.05) is 18.6 Å². The van der Waals surface area contributed by atoms with Gasteiger partial charge in [-0.3, -0.25) is 0 Å². The van der Waals surface area contributed by atoms with Gasteiger partial charge in [0, 0.05) is 26.4 Å². The molecule has 0 amide bonds. The molecule has 0 aromatic heterocycles. The Hall–Kier alpha value is -0.760. The van der Waals surface area contributed by atoms with Crippen LogP contribution >= 0.6 is 0 Å². The molecule has 0 N–H and O–H groups in total. The van der Waals surface area contributed by atoms with Gasteiger partial charge < -0.3 is 9.64 Å². The Morgan fingerprint density at radius 2 is 2.14 bits per heavy atom. The minimum atomic E-state index is 0.804. The van der Waals surface area contributed by atoms with Crippen molar-refractivity contribution >= 4 is 0 Å². The van der Waals surface area contributed by atoms with Gasteiger partial charge in [0.15, 0.2) is 0 Å². The van der Waals surface area contributed by atoms with Crippen molar-refractivity contribution < 1.29 is 4.74 Å². The summed E-state index contributed by atoms with van der Waals surface area (Å²) in [7, 11) is 3.88. The second kappa shape index (κ2) is 5.86. The van der Waals surface area contributed by atoms with Crippen LogP contribution in [0.5, 0.6) is 0 Å². The number of hydrogen-bond acceptors (Lipinski definition) is 2. The van der Waals surface area contributed by atoms with E-state index < -0.39 is 0 Å². The predicted molar refractivity (Wildman–Crippen MR) is 60.2 cm³/mol. The van der Waals surface area contributed by atoms with E-state index in [1.165, 1.54) is 25.0 Å². The van der Waals surface area contributed by atoms with Crippen LogP contribution in [0.2, 0.25) is 0 Å². The van der Waals surface area contributed by atoms with E-state index in [1.54, 1.807) is 12.7 Å². The Morgan fingerprint density at radius 1 is 1.36 bits per heavy atom. The molecule has 1 aliphatic rings. The van der Waals surface area contributed by atoms with Crippen LogP contribution in [0.15, 0.2) is 23.4 Å². The van der Waals surface area contributed by atoms with Gasteiger partial charge in [0.05, 0.1) is 6.61 Å². The zero-order valence-corrected chi connectivity index (χ0v) is 9.55. The summed E-state index contributed by atoms with van der Waals surface area (Å²) in [5.41, 5.74) is 2.99. The molecule has 0 heterocycles. The molecule has 1 aliphatic carbocycles. The van der Waals surface area contributed by atoms with Crippen molar-refractivity contribution in [3.63, 3.8) is 0 Å². The van der Waals surface area contributed by atoms with Crippen molar-refractivity contribution in [2.24, 2.45) is 0 Å². The SMILES string of the molecule is CCC1=CC=C(N(C)CCOC)CC1. The highest BCUT2D eigenvalue weighted by Crippen LogP contribution is 2.21. The number of likely N-dealkylation sites (N-methyl/N-ethyl adjacent to an activating group) is 1. The lowest BCUT2D eigenvalue weighted by Gasteiger charge is -2.24. The molecule has 0 aromatic rings. The summed E-state index contributed by atoms with van der Waals surface area (Å²) in [4.78, 5) is 2.28. The molecule has 2 nitrogen and oxygen atoms in total. The number of methoxy groups -OCH3 is 1. The van der Waals surface area contributed by atoms with Crippen LogP contribution < -0.4 is 0 Å². The van der Waals surface area contributed by atoms with Crippen molar-refractivity contribution in [1.82, 2.24) is 4.90 Å². The Balaban J connectivity index is 2.45. The maximum atomic E-state index is 5.06. The molecule has 0 radical (unpaired) electrons. The molecule has 0 atom stereocenters. The van der Waals surface area contributed by atoms with Gasteiger partial charge in [-0.05, 0) is 25.3 Å². The Labute approximate surface area is 87.2 Å². The lowest BCUT2D eigenvalue weighted by Crippen LogP contribution is -2.23. The summed E-state index contributed by atoms with van der Waals surface area (Å²) in [6.07, 6.45) is 8.10. The van der Waals surface area contributed by atoms with Crippen LogP contribution in [0, 0.1) is 0 Å². The van der Waals surface area contributed by atoms with E-state index in [1.807, 2.05) is 0 Å². The van der Waals surface area contributed by atoms with Gasteiger partial charge >= 0.3 is 0 Å². The normalized spacial score (nSPS) is 16.2. The van der Waals surface area contributed by atoms with E-state index >= 15 is 0 Å². The summed E-state index contributed by atoms with van der Waals surface area (Å²) < 4.78 is 5.06. The number of nitrogens with zero attached hydrogens (tertiary/aromatic N) is 1. The highest BCUT2D eigenvalue weighted by Gasteiger charge is 2.08. The van der Waals surface area contributed by atoms with Gasteiger partial charge in [-0.25, -0.2) is 0 Å². The quantitative estimate of drug-likeness (QED) is 0.668. The fourth-order valence-corrected chi connectivity index (χ4v) is 1.65. The van der Waals surface area contributed by atoms with Crippen LogP contribution in [0.4, 0.5) is 0 Å². The average molecular weight is 195 g/mol. The molecule has 2 heteroatoms. The molecule has 0 aliphatic heterocycles. The summed E-state index contributed by atoms with van der Waals surface area (Å²) in [6.45, 7) is 4.01. The second-order valence-electron chi connectivity index (χ2n) is 3.75. The Morgan fingerprint density at radius 3 is 2.64 bits per heavy atom. The van der Waals surface area contributed by atoms with E-state index in [-0.39, 0.29) is 0 Å². The third-order valence-electron chi connectivity index (χ3n) is 2.79. The summed E-state index contributed by atoms with van der Waals surface area (Å²) in [5.74, 6) is 0. The lowest BCUT2D eigenvalue weighted by molar-refractivity contribution is 0.172. The molecule has 0 fully saturated rings. The van der Waals surface area contributed by atoms with Crippen LogP contribution in [0.25, 0.3) is 0 Å². The Bertz CT molecular complexity index is 230. The molecule has 0 saturated carbocycles. The monoisotopic (exact) mass is 195 g/mol. The Kier molecular flexibility index (Phi) is 4.74. The minimum Gasteiger partial charge on any atom is -0.383 e. The topological polar surface area (TPSA) is 12.5 Å². The van der Waals surface area contributed by atoms with Crippen LogP contribution in [-0.2, 0) is 4.74 Å². The van der Waals surface area contributed by atoms with Crippen molar-refractivity contribution in [2.75, 3.05) is 27.3 Å². The fraction of sp³-hybridized carbons (Fsp3) is 0.667. The van der Waals surface area contributed by atoms with E-state index in [0.29, 0.717) is 0 Å². The molecule has 0 aromatic carbocycles. The van der Waals surface area contributed by atoms with E-state index in [4.69, 9.17) is 4.74 Å². The second-order valence-corrected chi connectivity index (χ2v) is 3.75. The first-order valence-corrected chi connectivity index (χ1v) is 5.36. The maximum absolute atomic E-state index is 5.06. The number of hydrogen-bond donors (Lipinski definition) is 0. The highest BCUT2D eigenvalue weighted by molar-refractivity contribution is 5.22. The number of allylic oxidation sites excluding steroid dienone is 4. The van der Waals surface area contributed by atoms with Gasteiger partial charge in [0.1, 0.15) is 0 Å². The van der Waals surface area contributed by atoms with Crippen LogP contribution in [-0.4, -0.2) is 32.2 Å². The number of rotatable bonds is 5. The lowest BCUT2D eigenvalue weighted by atomic mass is 10.0. The molecular weight excluding hydrogens is 174 g/mol. The molecule has 14 heavy (non-hydrogen) atoms. The van der Waals surface area contributed by atoms with Crippen molar-refractivity contribution in [1.29, 1.82) is 0 Å². The van der Waals surface area contributed by atoms with Gasteiger partial charge in [-0.2, -0.15) is 0 Å². The average Bonchev–Trinajstić information content (AvgIpc) is 2.26. The van der Waals surface area contributed by atoms with Crippen molar-refractivity contribution in [3.05, 3.63) is 23.4 Å². The minimum absolute atomic E-state index is 0.804. The predicted octanol–water partition coefficient (Wildman–Crippen LogP) is 2.58. The molecule has 1 rings (SSSR count). The van der Waals surface area contributed by atoms with Crippen LogP contribution in [0.1, 0.15) is 26.2 Å². The van der Waals surface area contributed by atoms with Crippen LogP contribution in [0.3, 0.4) is 0 Å². The van der Waals surface area contributed by atoms with Gasteiger partial charge in [-0.15, -0.1) is 0 Å². The first-order chi connectivity index (χ1) is 6.77.